The van der Waals surface area contributed by atoms with Crippen LogP contribution in [0.5, 0.6) is 0 Å². The van der Waals surface area contributed by atoms with Crippen LogP contribution in [0.15, 0.2) is 53.4 Å². The van der Waals surface area contributed by atoms with Crippen molar-refractivity contribution in [3.63, 3.8) is 0 Å². The number of aliphatic hydroxyl groups excluding tert-OH is 2. The molecule has 1 saturated carbocycles. The zero-order chi connectivity index (χ0) is 32.3. The van der Waals surface area contributed by atoms with Crippen LogP contribution in [0.2, 0.25) is 5.02 Å². The normalized spacial score (nSPS) is 15.5. The van der Waals surface area contributed by atoms with Gasteiger partial charge < -0.3 is 25.6 Å². The number of ether oxygens (including phenoxy) is 1. The number of hydrogen-bond acceptors (Lipinski definition) is 7. The maximum absolute atomic E-state index is 13.7. The van der Waals surface area contributed by atoms with Crippen LogP contribution in [0.4, 0.5) is 4.79 Å². The number of nitrogens with one attached hydrogen (secondary N) is 2. The van der Waals surface area contributed by atoms with Crippen molar-refractivity contribution in [2.45, 2.75) is 88.4 Å². The maximum atomic E-state index is 13.7. The molecule has 0 unspecified atom stereocenters. The van der Waals surface area contributed by atoms with E-state index in [1.807, 2.05) is 19.9 Å². The molecule has 2 aromatic rings. The summed E-state index contributed by atoms with van der Waals surface area (Å²) in [6.45, 7) is 3.78. The molecule has 244 valence electrons. The zero-order valence-corrected chi connectivity index (χ0v) is 27.3. The number of alkyl carbamates (subject to hydrolysis) is 1. The summed E-state index contributed by atoms with van der Waals surface area (Å²) in [6.07, 6.45) is 3.60. The minimum atomic E-state index is -3.91. The van der Waals surface area contributed by atoms with E-state index in [1.165, 1.54) is 23.5 Å². The van der Waals surface area contributed by atoms with Crippen LogP contribution in [0.1, 0.15) is 63.5 Å². The molecule has 10 nitrogen and oxygen atoms in total. The Morgan fingerprint density at radius 1 is 1.02 bits per heavy atom. The van der Waals surface area contributed by atoms with E-state index in [0.29, 0.717) is 41.8 Å². The van der Waals surface area contributed by atoms with Crippen LogP contribution in [0.3, 0.4) is 0 Å². The fourth-order valence-electron chi connectivity index (χ4n) is 5.19. The molecule has 0 bridgehead atoms. The van der Waals surface area contributed by atoms with Crippen LogP contribution in [-0.2, 0) is 32.6 Å². The summed E-state index contributed by atoms with van der Waals surface area (Å²) in [5.41, 5.74) is 1.33. The van der Waals surface area contributed by atoms with Gasteiger partial charge in [-0.15, -0.1) is 0 Å². The Kier molecular flexibility index (Phi) is 13.9. The monoisotopic (exact) mass is 651 g/mol. The molecule has 0 heterocycles. The number of benzene rings is 2. The van der Waals surface area contributed by atoms with E-state index >= 15 is 0 Å². The quantitative estimate of drug-likeness (QED) is 0.188. The highest BCUT2D eigenvalue weighted by molar-refractivity contribution is 7.89. The van der Waals surface area contributed by atoms with Gasteiger partial charge in [-0.3, -0.25) is 4.79 Å². The Balaban J connectivity index is 1.71. The Morgan fingerprint density at radius 3 is 2.27 bits per heavy atom. The van der Waals surface area contributed by atoms with Crippen molar-refractivity contribution in [1.82, 2.24) is 14.9 Å². The van der Waals surface area contributed by atoms with Gasteiger partial charge in [0.15, 0.2) is 0 Å². The molecule has 0 aromatic heterocycles. The molecule has 1 fully saturated rings. The van der Waals surface area contributed by atoms with Gasteiger partial charge in [0.1, 0.15) is 6.04 Å². The Hall–Kier alpha value is -2.70. The molecule has 4 N–H and O–H groups in total. The van der Waals surface area contributed by atoms with E-state index < -0.39 is 28.2 Å². The first-order valence-electron chi connectivity index (χ1n) is 15.2. The lowest BCUT2D eigenvalue weighted by molar-refractivity contribution is -0.124. The van der Waals surface area contributed by atoms with E-state index in [-0.39, 0.29) is 54.9 Å². The van der Waals surface area contributed by atoms with E-state index in [1.54, 1.807) is 30.3 Å². The maximum Gasteiger partial charge on any atom is 0.407 e. The fraction of sp³-hybridized carbons (Fsp3) is 0.562. The van der Waals surface area contributed by atoms with E-state index in [4.69, 9.17) is 16.3 Å². The molecular weight excluding hydrogens is 606 g/mol. The van der Waals surface area contributed by atoms with Crippen molar-refractivity contribution in [2.75, 3.05) is 20.3 Å². The Labute approximate surface area is 266 Å². The number of amides is 2. The van der Waals surface area contributed by atoms with Gasteiger partial charge in [-0.25, -0.2) is 13.2 Å². The highest BCUT2D eigenvalue weighted by Crippen LogP contribution is 2.35. The van der Waals surface area contributed by atoms with Gasteiger partial charge in [0.2, 0.25) is 15.9 Å². The molecule has 44 heavy (non-hydrogen) atoms. The highest BCUT2D eigenvalue weighted by Gasteiger charge is 2.35. The molecule has 3 rings (SSSR count). The first kappa shape index (κ1) is 35.8. The van der Waals surface area contributed by atoms with Crippen molar-refractivity contribution in [3.05, 3.63) is 64.7 Å². The van der Waals surface area contributed by atoms with Gasteiger partial charge in [-0.2, -0.15) is 4.31 Å². The number of halogens is 1. The highest BCUT2D eigenvalue weighted by atomic mass is 35.5. The predicted octanol–water partition coefficient (Wildman–Crippen LogP) is 4.26. The molecule has 0 aliphatic heterocycles. The third kappa shape index (κ3) is 10.4. The van der Waals surface area contributed by atoms with E-state index in [9.17, 15) is 28.2 Å². The summed E-state index contributed by atoms with van der Waals surface area (Å²) in [6, 6.07) is 11.6. The molecule has 12 heteroatoms. The second-order valence-electron chi connectivity index (χ2n) is 11.8. The summed E-state index contributed by atoms with van der Waals surface area (Å²) in [5, 5.41) is 25.9. The van der Waals surface area contributed by atoms with Gasteiger partial charge in [-0.05, 0) is 79.7 Å². The molecule has 3 atom stereocenters. The number of methoxy groups -OCH3 is 1. The van der Waals surface area contributed by atoms with E-state index in [0.717, 1.165) is 12.8 Å². The number of nitrogens with zero attached hydrogens (tertiary/aromatic N) is 1. The Morgan fingerprint density at radius 2 is 1.70 bits per heavy atom. The molecule has 0 spiro atoms. The smallest absolute Gasteiger partial charge is 0.407 e. The molecule has 2 aromatic carbocycles. The third-order valence-corrected chi connectivity index (χ3v) is 10.3. The summed E-state index contributed by atoms with van der Waals surface area (Å²) in [4.78, 5) is 25.6. The first-order valence-corrected chi connectivity index (χ1v) is 17.0. The predicted molar refractivity (Wildman–Crippen MR) is 170 cm³/mol. The van der Waals surface area contributed by atoms with Crippen LogP contribution < -0.4 is 10.6 Å². The number of rotatable bonds is 18. The van der Waals surface area contributed by atoms with E-state index in [2.05, 4.69) is 10.6 Å². The van der Waals surface area contributed by atoms with Crippen LogP contribution in [0.25, 0.3) is 0 Å². The summed E-state index contributed by atoms with van der Waals surface area (Å²) in [5.74, 6) is 0.199. The average Bonchev–Trinajstić information content (AvgIpc) is 3.85. The lowest BCUT2D eigenvalue weighted by Crippen LogP contribution is -2.51. The van der Waals surface area contributed by atoms with Crippen LogP contribution >= 0.6 is 11.6 Å². The SMILES string of the molecule is COC(=O)N[C@@H](Cc1ccccc1Cl)C(=O)N[C@H](CCC[C@@H](CO)N(CCC(C)C)S(=O)(=O)c1ccc(CO)cc1)C1CC1. The lowest BCUT2D eigenvalue weighted by atomic mass is 10.0. The van der Waals surface area contributed by atoms with Crippen LogP contribution in [-0.4, -0.2) is 73.3 Å². The molecule has 1 aliphatic rings. The van der Waals surface area contributed by atoms with Gasteiger partial charge in [-0.1, -0.05) is 55.8 Å². The number of aliphatic hydroxyl groups is 2. The molecule has 0 saturated heterocycles. The van der Waals surface area contributed by atoms with Gasteiger partial charge in [0.05, 0.1) is 25.2 Å². The van der Waals surface area contributed by atoms with Gasteiger partial charge >= 0.3 is 6.09 Å². The molecule has 0 radical (unpaired) electrons. The minimum absolute atomic E-state index is 0.114. The molecule has 1 aliphatic carbocycles. The Bertz CT molecular complexity index is 1320. The van der Waals surface area contributed by atoms with Crippen molar-refractivity contribution in [3.8, 4) is 0 Å². The topological polar surface area (TPSA) is 145 Å². The van der Waals surface area contributed by atoms with Gasteiger partial charge in [0, 0.05) is 30.1 Å². The van der Waals surface area contributed by atoms with Crippen LogP contribution in [0, 0.1) is 11.8 Å². The third-order valence-electron chi connectivity index (χ3n) is 8.00. The standard InChI is InChI=1S/C32H46ClN3O7S/c1-22(2)17-18-36(44(41,42)27-15-11-23(20-37)12-16-27)26(21-38)8-6-10-29(24-13-14-24)34-31(39)30(35-32(40)43-3)19-25-7-4-5-9-28(25)33/h4-5,7,9,11-12,15-16,22,24,26,29-30,37-38H,6,8,10,13-14,17-21H2,1-3H3,(H,34,39)(H,35,40)/t26-,29+,30-/m0/s1. The average molecular weight is 652 g/mol. The minimum Gasteiger partial charge on any atom is -0.453 e. The van der Waals surface area contributed by atoms with Crippen molar-refractivity contribution >= 4 is 33.6 Å². The summed E-state index contributed by atoms with van der Waals surface area (Å²) < 4.78 is 33.6. The number of carbonyl (C=O) groups is 2. The van der Waals surface area contributed by atoms with Crippen molar-refractivity contribution in [2.24, 2.45) is 11.8 Å². The number of hydrogen-bond donors (Lipinski definition) is 4. The molecular formula is C32H46ClN3O7S. The van der Waals surface area contributed by atoms with Crippen molar-refractivity contribution in [1.29, 1.82) is 0 Å². The van der Waals surface area contributed by atoms with Crippen molar-refractivity contribution < 1.29 is 33.0 Å². The van der Waals surface area contributed by atoms with Gasteiger partial charge in [0.25, 0.3) is 0 Å². The molecule has 2 amide bonds. The zero-order valence-electron chi connectivity index (χ0n) is 25.7. The fourth-order valence-corrected chi connectivity index (χ4v) is 7.06. The second-order valence-corrected chi connectivity index (χ2v) is 14.1. The first-order chi connectivity index (χ1) is 21.0. The largest absolute Gasteiger partial charge is 0.453 e. The number of sulfonamides is 1. The summed E-state index contributed by atoms with van der Waals surface area (Å²) >= 11 is 6.32. The summed E-state index contributed by atoms with van der Waals surface area (Å²) in [7, 11) is -2.67. The second kappa shape index (κ2) is 17.1. The number of carbonyl (C=O) groups excluding carboxylic acids is 2. The lowest BCUT2D eigenvalue weighted by Gasteiger charge is -2.31.